The van der Waals surface area contributed by atoms with Gasteiger partial charge in [-0.05, 0) is 12.1 Å². The first-order valence-corrected chi connectivity index (χ1v) is 7.51. The smallest absolute Gasteiger partial charge is 0.305 e. The molecule has 1 heterocycles. The van der Waals surface area contributed by atoms with Gasteiger partial charge in [-0.15, -0.1) is 0 Å². The highest BCUT2D eigenvalue weighted by atomic mass is 32.2. The maximum absolute atomic E-state index is 12.5. The molecule has 1 unspecified atom stereocenters. The molecule has 0 saturated carbocycles. The third-order valence-corrected chi connectivity index (χ3v) is 4.37. The molecule has 1 aromatic carbocycles. The maximum atomic E-state index is 12.5. The number of carboxylic acids is 1. The number of para-hydroxylation sites is 1. The van der Waals surface area contributed by atoms with Crippen molar-refractivity contribution in [3.63, 3.8) is 0 Å². The van der Waals surface area contributed by atoms with Gasteiger partial charge in [-0.2, -0.15) is 5.26 Å². The van der Waals surface area contributed by atoms with Crippen LogP contribution in [0.5, 0.6) is 0 Å². The van der Waals surface area contributed by atoms with Crippen LogP contribution in [-0.4, -0.2) is 35.2 Å². The summed E-state index contributed by atoms with van der Waals surface area (Å²) in [4.78, 5) is 36.6. The van der Waals surface area contributed by atoms with E-state index in [4.69, 9.17) is 5.11 Å². The van der Waals surface area contributed by atoms with Crippen molar-refractivity contribution in [2.75, 3.05) is 11.9 Å². The Balaban J connectivity index is 2.55. The zero-order valence-electron chi connectivity index (χ0n) is 12.1. The number of nitrogens with one attached hydrogen (secondary N) is 1. The van der Waals surface area contributed by atoms with Crippen molar-refractivity contribution < 1.29 is 19.5 Å². The number of anilines is 1. The summed E-state index contributed by atoms with van der Waals surface area (Å²) in [6.07, 6.45) is -0.386. The fourth-order valence-corrected chi connectivity index (χ4v) is 3.34. The third kappa shape index (κ3) is 3.35. The van der Waals surface area contributed by atoms with E-state index in [1.54, 1.807) is 36.4 Å². The Morgan fingerprint density at radius 2 is 2.04 bits per heavy atom. The molecule has 1 atom stereocenters. The Labute approximate surface area is 136 Å². The van der Waals surface area contributed by atoms with Crippen LogP contribution >= 0.6 is 11.8 Å². The molecule has 7 nitrogen and oxygen atoms in total. The van der Waals surface area contributed by atoms with Gasteiger partial charge < -0.3 is 10.4 Å². The first-order valence-electron chi connectivity index (χ1n) is 6.63. The minimum absolute atomic E-state index is 0.148. The van der Waals surface area contributed by atoms with Crippen molar-refractivity contribution >= 4 is 35.2 Å². The summed E-state index contributed by atoms with van der Waals surface area (Å²) < 4.78 is 0. The van der Waals surface area contributed by atoms with Gasteiger partial charge in [0.25, 0.3) is 5.91 Å². The van der Waals surface area contributed by atoms with Crippen molar-refractivity contribution in [1.29, 1.82) is 5.26 Å². The zero-order chi connectivity index (χ0) is 17.0. The number of carbonyl (C=O) groups is 3. The predicted octanol–water partition coefficient (Wildman–Crippen LogP) is 1.09. The highest BCUT2D eigenvalue weighted by Crippen LogP contribution is 2.41. The summed E-state index contributed by atoms with van der Waals surface area (Å²) in [5.41, 5.74) is 0.257. The summed E-state index contributed by atoms with van der Waals surface area (Å²) >= 11 is 0.918. The molecule has 118 valence electrons. The molecule has 8 heteroatoms. The quantitative estimate of drug-likeness (QED) is 0.631. The number of hydrogen-bond acceptors (Lipinski definition) is 5. The van der Waals surface area contributed by atoms with Gasteiger partial charge in [0.15, 0.2) is 0 Å². The van der Waals surface area contributed by atoms with E-state index < -0.39 is 23.0 Å². The molecule has 0 spiro atoms. The lowest BCUT2D eigenvalue weighted by Gasteiger charge is -2.18. The predicted molar refractivity (Wildman–Crippen MR) is 84.3 cm³/mol. The van der Waals surface area contributed by atoms with E-state index in [0.717, 1.165) is 11.8 Å². The minimum Gasteiger partial charge on any atom is -0.481 e. The second-order valence-electron chi connectivity index (χ2n) is 4.58. The van der Waals surface area contributed by atoms with Gasteiger partial charge in [-0.3, -0.25) is 19.3 Å². The fraction of sp³-hybridized carbons (Fsp3) is 0.200. The van der Waals surface area contributed by atoms with Crippen LogP contribution in [0.15, 0.2) is 40.9 Å². The maximum Gasteiger partial charge on any atom is 0.305 e. The average molecular weight is 331 g/mol. The van der Waals surface area contributed by atoms with Crippen LogP contribution in [0, 0.1) is 11.3 Å². The number of amides is 2. The standard InChI is InChI=1S/C15H13N3O4S/c1-17-13(21)10(8-16)15-18(9-5-3-2-4-6-9)14(22)11(23-15)7-12(19)20/h2-6,11H,7H2,1H3,(H,17,21)(H,19,20). The van der Waals surface area contributed by atoms with E-state index in [2.05, 4.69) is 5.32 Å². The summed E-state index contributed by atoms with van der Waals surface area (Å²) in [6.45, 7) is 0. The minimum atomic E-state index is -1.12. The number of carbonyl (C=O) groups excluding carboxylic acids is 2. The topological polar surface area (TPSA) is 111 Å². The molecule has 0 aromatic heterocycles. The van der Waals surface area contributed by atoms with Gasteiger partial charge in [0, 0.05) is 12.7 Å². The van der Waals surface area contributed by atoms with E-state index in [1.807, 2.05) is 0 Å². The van der Waals surface area contributed by atoms with Crippen molar-refractivity contribution in [1.82, 2.24) is 5.32 Å². The van der Waals surface area contributed by atoms with E-state index in [1.165, 1.54) is 11.9 Å². The normalized spacial score (nSPS) is 19.2. The number of benzene rings is 1. The molecule has 1 aliphatic heterocycles. The van der Waals surface area contributed by atoms with Gasteiger partial charge in [-0.25, -0.2) is 0 Å². The molecular formula is C15H13N3O4S. The lowest BCUT2D eigenvalue weighted by Crippen LogP contribution is -2.31. The Hall–Kier alpha value is -2.79. The van der Waals surface area contributed by atoms with Crippen molar-refractivity contribution in [3.8, 4) is 6.07 Å². The Kier molecular flexibility index (Phi) is 5.03. The first kappa shape index (κ1) is 16.6. The van der Waals surface area contributed by atoms with E-state index in [9.17, 15) is 19.6 Å². The number of rotatable bonds is 4. The SMILES string of the molecule is CNC(=O)C(C#N)=C1SC(CC(=O)O)C(=O)N1c1ccccc1. The molecule has 1 fully saturated rings. The molecule has 1 aliphatic rings. The largest absolute Gasteiger partial charge is 0.481 e. The molecule has 23 heavy (non-hydrogen) atoms. The second-order valence-corrected chi connectivity index (χ2v) is 5.78. The molecule has 1 saturated heterocycles. The first-order chi connectivity index (χ1) is 11.0. The molecule has 1 aromatic rings. The van der Waals surface area contributed by atoms with Gasteiger partial charge in [0.05, 0.1) is 6.42 Å². The molecular weight excluding hydrogens is 318 g/mol. The van der Waals surface area contributed by atoms with Crippen LogP contribution in [0.2, 0.25) is 0 Å². The van der Waals surface area contributed by atoms with Gasteiger partial charge in [0.1, 0.15) is 21.9 Å². The molecule has 0 aliphatic carbocycles. The highest BCUT2D eigenvalue weighted by Gasteiger charge is 2.41. The second kappa shape index (κ2) is 6.98. The summed E-state index contributed by atoms with van der Waals surface area (Å²) in [5, 5.41) is 19.8. The zero-order valence-corrected chi connectivity index (χ0v) is 13.0. The Morgan fingerprint density at radius 3 is 2.57 bits per heavy atom. The number of hydrogen-bond donors (Lipinski definition) is 2. The number of likely N-dealkylation sites (N-methyl/N-ethyl adjacent to an activating group) is 1. The summed E-state index contributed by atoms with van der Waals surface area (Å²) in [5.74, 6) is -2.21. The molecule has 0 radical (unpaired) electrons. The van der Waals surface area contributed by atoms with Gasteiger partial charge >= 0.3 is 5.97 Å². The van der Waals surface area contributed by atoms with Crippen molar-refractivity contribution in [2.45, 2.75) is 11.7 Å². The van der Waals surface area contributed by atoms with Gasteiger partial charge in [-0.1, -0.05) is 30.0 Å². The highest BCUT2D eigenvalue weighted by molar-refractivity contribution is 8.05. The number of aliphatic carboxylic acids is 1. The Morgan fingerprint density at radius 1 is 1.39 bits per heavy atom. The average Bonchev–Trinajstić information content (AvgIpc) is 2.84. The van der Waals surface area contributed by atoms with E-state index in [-0.39, 0.29) is 17.0 Å². The third-order valence-electron chi connectivity index (χ3n) is 3.11. The monoisotopic (exact) mass is 331 g/mol. The fourth-order valence-electron chi connectivity index (χ4n) is 2.08. The van der Waals surface area contributed by atoms with Crippen LogP contribution in [0.4, 0.5) is 5.69 Å². The van der Waals surface area contributed by atoms with Crippen molar-refractivity contribution in [2.24, 2.45) is 0 Å². The lowest BCUT2D eigenvalue weighted by molar-refractivity contribution is -0.138. The molecule has 2 amide bonds. The summed E-state index contributed by atoms with van der Waals surface area (Å²) in [7, 11) is 1.38. The Bertz CT molecular complexity index is 724. The van der Waals surface area contributed by atoms with E-state index >= 15 is 0 Å². The van der Waals surface area contributed by atoms with Crippen molar-refractivity contribution in [3.05, 3.63) is 40.9 Å². The number of nitriles is 1. The molecule has 2 rings (SSSR count). The molecule has 2 N–H and O–H groups in total. The lowest BCUT2D eigenvalue weighted by atomic mass is 10.2. The molecule has 0 bridgehead atoms. The summed E-state index contributed by atoms with van der Waals surface area (Å²) in [6, 6.07) is 10.3. The number of thioether (sulfide) groups is 1. The van der Waals surface area contributed by atoms with Crippen LogP contribution in [0.3, 0.4) is 0 Å². The van der Waals surface area contributed by atoms with Crippen LogP contribution < -0.4 is 10.2 Å². The number of carboxylic acid groups (broad SMARTS) is 1. The van der Waals surface area contributed by atoms with E-state index in [0.29, 0.717) is 5.69 Å². The van der Waals surface area contributed by atoms with Crippen LogP contribution in [0.25, 0.3) is 0 Å². The number of nitrogens with zero attached hydrogens (tertiary/aromatic N) is 2. The van der Waals surface area contributed by atoms with Gasteiger partial charge in [0.2, 0.25) is 5.91 Å². The van der Waals surface area contributed by atoms with Crippen LogP contribution in [0.1, 0.15) is 6.42 Å². The van der Waals surface area contributed by atoms with Crippen LogP contribution in [-0.2, 0) is 14.4 Å².